The Balaban J connectivity index is 1.60. The fourth-order valence-electron chi connectivity index (χ4n) is 2.69. The molecule has 2 heterocycles. The molecule has 0 aliphatic heterocycles. The first kappa shape index (κ1) is 17.8. The lowest BCUT2D eigenvalue weighted by molar-refractivity contribution is 0.102. The molecular weight excluding hydrogens is 324 g/mol. The SMILES string of the molecule is CCN(Cc1ccncc1)Cc1ccc(C(=O)Nc2cccnc2)cc1. The van der Waals surface area contributed by atoms with Gasteiger partial charge in [0.1, 0.15) is 0 Å². The van der Waals surface area contributed by atoms with E-state index < -0.39 is 0 Å². The molecule has 3 aromatic rings. The van der Waals surface area contributed by atoms with Crippen LogP contribution in [0.3, 0.4) is 0 Å². The van der Waals surface area contributed by atoms with E-state index in [9.17, 15) is 4.79 Å². The summed E-state index contributed by atoms with van der Waals surface area (Å²) in [7, 11) is 0. The highest BCUT2D eigenvalue weighted by Gasteiger charge is 2.08. The smallest absolute Gasteiger partial charge is 0.255 e. The predicted octanol–water partition coefficient (Wildman–Crippen LogP) is 3.75. The van der Waals surface area contributed by atoms with E-state index in [0.717, 1.165) is 19.6 Å². The Morgan fingerprint density at radius 3 is 2.23 bits per heavy atom. The zero-order valence-electron chi connectivity index (χ0n) is 14.8. The van der Waals surface area contributed by atoms with Crippen LogP contribution in [0.25, 0.3) is 0 Å². The van der Waals surface area contributed by atoms with Crippen LogP contribution in [0, 0.1) is 0 Å². The van der Waals surface area contributed by atoms with E-state index in [2.05, 4.69) is 27.1 Å². The number of nitrogens with zero attached hydrogens (tertiary/aromatic N) is 3. The van der Waals surface area contributed by atoms with Crippen LogP contribution < -0.4 is 5.32 Å². The predicted molar refractivity (Wildman–Crippen MR) is 103 cm³/mol. The molecule has 132 valence electrons. The van der Waals surface area contributed by atoms with Crippen LogP contribution in [0.2, 0.25) is 0 Å². The van der Waals surface area contributed by atoms with Crippen LogP contribution >= 0.6 is 0 Å². The first-order chi connectivity index (χ1) is 12.7. The molecule has 26 heavy (non-hydrogen) atoms. The summed E-state index contributed by atoms with van der Waals surface area (Å²) >= 11 is 0. The Labute approximate surface area is 153 Å². The van der Waals surface area contributed by atoms with Gasteiger partial charge in [0.15, 0.2) is 0 Å². The van der Waals surface area contributed by atoms with E-state index in [1.54, 1.807) is 18.5 Å². The first-order valence-electron chi connectivity index (χ1n) is 8.66. The highest BCUT2D eigenvalue weighted by Crippen LogP contribution is 2.12. The summed E-state index contributed by atoms with van der Waals surface area (Å²) < 4.78 is 0. The van der Waals surface area contributed by atoms with Crippen molar-refractivity contribution >= 4 is 11.6 Å². The van der Waals surface area contributed by atoms with Crippen LogP contribution in [0.4, 0.5) is 5.69 Å². The van der Waals surface area contributed by atoms with Gasteiger partial charge in [-0.3, -0.25) is 19.7 Å². The van der Waals surface area contributed by atoms with Crippen LogP contribution in [0.1, 0.15) is 28.4 Å². The number of rotatable bonds is 7. The summed E-state index contributed by atoms with van der Waals surface area (Å²) in [6, 6.07) is 15.4. The molecule has 3 rings (SSSR count). The van der Waals surface area contributed by atoms with E-state index >= 15 is 0 Å². The molecule has 0 fully saturated rings. The van der Waals surface area contributed by atoms with E-state index in [4.69, 9.17) is 0 Å². The molecule has 5 heteroatoms. The molecule has 1 amide bonds. The molecule has 0 radical (unpaired) electrons. The maximum absolute atomic E-state index is 12.3. The second kappa shape index (κ2) is 8.87. The minimum absolute atomic E-state index is 0.131. The molecule has 0 saturated carbocycles. The molecule has 1 aromatic carbocycles. The van der Waals surface area contributed by atoms with Crippen molar-refractivity contribution < 1.29 is 4.79 Å². The number of benzene rings is 1. The number of hydrogen-bond acceptors (Lipinski definition) is 4. The van der Waals surface area contributed by atoms with Crippen molar-refractivity contribution in [1.29, 1.82) is 0 Å². The van der Waals surface area contributed by atoms with Gasteiger partial charge in [0.05, 0.1) is 11.9 Å². The number of amides is 1. The molecule has 2 aromatic heterocycles. The zero-order valence-corrected chi connectivity index (χ0v) is 14.8. The lowest BCUT2D eigenvalue weighted by Crippen LogP contribution is -2.22. The molecule has 0 spiro atoms. The average Bonchev–Trinajstić information content (AvgIpc) is 2.69. The number of carbonyl (C=O) groups is 1. The second-order valence-corrected chi connectivity index (χ2v) is 6.05. The Bertz CT molecular complexity index is 820. The van der Waals surface area contributed by atoms with Gasteiger partial charge in [-0.05, 0) is 54.1 Å². The summed E-state index contributed by atoms with van der Waals surface area (Å²) in [5, 5.41) is 2.84. The summed E-state index contributed by atoms with van der Waals surface area (Å²) in [6.07, 6.45) is 6.94. The average molecular weight is 346 g/mol. The van der Waals surface area contributed by atoms with Gasteiger partial charge >= 0.3 is 0 Å². The van der Waals surface area contributed by atoms with Gasteiger partial charge in [-0.1, -0.05) is 19.1 Å². The normalized spacial score (nSPS) is 10.7. The monoisotopic (exact) mass is 346 g/mol. The summed E-state index contributed by atoms with van der Waals surface area (Å²) in [4.78, 5) is 22.7. The number of carbonyl (C=O) groups excluding carboxylic acids is 1. The second-order valence-electron chi connectivity index (χ2n) is 6.05. The van der Waals surface area contributed by atoms with Gasteiger partial charge in [0.25, 0.3) is 5.91 Å². The maximum Gasteiger partial charge on any atom is 0.255 e. The van der Waals surface area contributed by atoms with Crippen LogP contribution in [-0.2, 0) is 13.1 Å². The molecule has 0 aliphatic carbocycles. The highest BCUT2D eigenvalue weighted by molar-refractivity contribution is 6.04. The summed E-state index contributed by atoms with van der Waals surface area (Å²) in [5.41, 5.74) is 3.75. The topological polar surface area (TPSA) is 58.1 Å². The van der Waals surface area contributed by atoms with Crippen molar-refractivity contribution in [3.05, 3.63) is 90.0 Å². The number of aromatic nitrogens is 2. The first-order valence-corrected chi connectivity index (χ1v) is 8.66. The highest BCUT2D eigenvalue weighted by atomic mass is 16.1. The van der Waals surface area contributed by atoms with Crippen LogP contribution in [0.15, 0.2) is 73.3 Å². The Kier molecular flexibility index (Phi) is 6.06. The standard InChI is InChI=1S/C21H22N4O/c1-2-25(16-18-9-12-22-13-10-18)15-17-5-7-19(8-6-17)21(26)24-20-4-3-11-23-14-20/h3-14H,2,15-16H2,1H3,(H,24,26). The van der Waals surface area contributed by atoms with Crippen molar-refractivity contribution in [2.24, 2.45) is 0 Å². The fourth-order valence-corrected chi connectivity index (χ4v) is 2.69. The van der Waals surface area contributed by atoms with Gasteiger partial charge in [-0.15, -0.1) is 0 Å². The Hall–Kier alpha value is -3.05. The van der Waals surface area contributed by atoms with Gasteiger partial charge in [0.2, 0.25) is 0 Å². The Morgan fingerprint density at radius 1 is 0.923 bits per heavy atom. The largest absolute Gasteiger partial charge is 0.321 e. The van der Waals surface area contributed by atoms with E-state index in [-0.39, 0.29) is 5.91 Å². The third kappa shape index (κ3) is 4.97. The molecule has 0 bridgehead atoms. The van der Waals surface area contributed by atoms with Gasteiger partial charge < -0.3 is 5.32 Å². The minimum atomic E-state index is -0.131. The van der Waals surface area contributed by atoms with Crippen molar-refractivity contribution in [2.75, 3.05) is 11.9 Å². The van der Waals surface area contributed by atoms with Crippen molar-refractivity contribution in [2.45, 2.75) is 20.0 Å². The molecule has 5 nitrogen and oxygen atoms in total. The third-order valence-corrected chi connectivity index (χ3v) is 4.14. The molecule has 1 N–H and O–H groups in total. The molecular formula is C21H22N4O. The quantitative estimate of drug-likeness (QED) is 0.708. The van der Waals surface area contributed by atoms with Gasteiger partial charge in [-0.2, -0.15) is 0 Å². The van der Waals surface area contributed by atoms with Crippen molar-refractivity contribution in [3.8, 4) is 0 Å². The lowest BCUT2D eigenvalue weighted by atomic mass is 10.1. The van der Waals surface area contributed by atoms with Crippen LogP contribution in [0.5, 0.6) is 0 Å². The number of pyridine rings is 2. The number of nitrogens with one attached hydrogen (secondary N) is 1. The van der Waals surface area contributed by atoms with Crippen molar-refractivity contribution in [3.63, 3.8) is 0 Å². The van der Waals surface area contributed by atoms with E-state index in [1.807, 2.05) is 54.9 Å². The summed E-state index contributed by atoms with van der Waals surface area (Å²) in [5.74, 6) is -0.131. The van der Waals surface area contributed by atoms with Crippen LogP contribution in [-0.4, -0.2) is 27.3 Å². The van der Waals surface area contributed by atoms with Crippen molar-refractivity contribution in [1.82, 2.24) is 14.9 Å². The minimum Gasteiger partial charge on any atom is -0.321 e. The number of anilines is 1. The maximum atomic E-state index is 12.3. The third-order valence-electron chi connectivity index (χ3n) is 4.14. The zero-order chi connectivity index (χ0) is 18.2. The Morgan fingerprint density at radius 2 is 1.62 bits per heavy atom. The lowest BCUT2D eigenvalue weighted by Gasteiger charge is -2.20. The molecule has 0 aliphatic rings. The van der Waals surface area contributed by atoms with Gasteiger partial charge in [0, 0.05) is 37.2 Å². The molecule has 0 unspecified atom stereocenters. The van der Waals surface area contributed by atoms with Gasteiger partial charge in [-0.25, -0.2) is 0 Å². The molecule has 0 atom stereocenters. The molecule has 0 saturated heterocycles. The van der Waals surface area contributed by atoms with E-state index in [1.165, 1.54) is 11.1 Å². The number of hydrogen-bond donors (Lipinski definition) is 1. The fraction of sp³-hybridized carbons (Fsp3) is 0.190. The summed E-state index contributed by atoms with van der Waals surface area (Å²) in [6.45, 7) is 4.81. The van der Waals surface area contributed by atoms with E-state index in [0.29, 0.717) is 11.3 Å².